The molecule has 0 atom stereocenters. The van der Waals surface area contributed by atoms with Crippen molar-refractivity contribution in [1.82, 2.24) is 0 Å². The Morgan fingerprint density at radius 3 is 1.76 bits per heavy atom. The predicted octanol–water partition coefficient (Wildman–Crippen LogP) is 12.7. The van der Waals surface area contributed by atoms with Crippen LogP contribution in [0.2, 0.25) is 0 Å². The third kappa shape index (κ3) is 3.35. The fourth-order valence-corrected chi connectivity index (χ4v) is 8.38. The predicted molar refractivity (Wildman–Crippen MR) is 195 cm³/mol. The van der Waals surface area contributed by atoms with Gasteiger partial charge in [0.25, 0.3) is 0 Å². The Hall–Kier alpha value is -5.66. The highest BCUT2D eigenvalue weighted by Gasteiger charge is 2.36. The van der Waals surface area contributed by atoms with E-state index < -0.39 is 0 Å². The van der Waals surface area contributed by atoms with Crippen LogP contribution in [0.1, 0.15) is 25.0 Å². The van der Waals surface area contributed by atoms with Crippen molar-refractivity contribution in [2.75, 3.05) is 0 Å². The maximum atomic E-state index is 6.35. The summed E-state index contributed by atoms with van der Waals surface area (Å²) >= 11 is 0. The van der Waals surface area contributed by atoms with Gasteiger partial charge in [-0.25, -0.2) is 0 Å². The number of fused-ring (bicyclic) bond motifs is 10. The zero-order valence-corrected chi connectivity index (χ0v) is 25.8. The zero-order valence-electron chi connectivity index (χ0n) is 25.8. The first-order valence-electron chi connectivity index (χ1n) is 16.1. The van der Waals surface area contributed by atoms with Crippen LogP contribution in [-0.4, -0.2) is 0 Å². The van der Waals surface area contributed by atoms with Crippen molar-refractivity contribution in [3.05, 3.63) is 157 Å². The molecule has 216 valence electrons. The number of benzene rings is 8. The van der Waals surface area contributed by atoms with E-state index in [4.69, 9.17) is 4.42 Å². The lowest BCUT2D eigenvalue weighted by atomic mass is 9.80. The lowest BCUT2D eigenvalue weighted by Crippen LogP contribution is -2.15. The molecule has 0 amide bonds. The highest BCUT2D eigenvalue weighted by atomic mass is 16.3. The summed E-state index contributed by atoms with van der Waals surface area (Å²) in [5.41, 5.74) is 12.3. The van der Waals surface area contributed by atoms with Crippen molar-refractivity contribution in [3.8, 4) is 33.4 Å². The summed E-state index contributed by atoms with van der Waals surface area (Å²) in [6.07, 6.45) is 0. The van der Waals surface area contributed by atoms with E-state index in [-0.39, 0.29) is 5.41 Å². The number of furan rings is 1. The number of para-hydroxylation sites is 1. The minimum Gasteiger partial charge on any atom is -0.456 e. The summed E-state index contributed by atoms with van der Waals surface area (Å²) in [5, 5.41) is 9.98. The van der Waals surface area contributed by atoms with Crippen molar-refractivity contribution in [2.24, 2.45) is 0 Å². The lowest BCUT2D eigenvalue weighted by Gasteiger charge is -2.23. The summed E-state index contributed by atoms with van der Waals surface area (Å²) in [6, 6.07) is 53.4. The summed E-state index contributed by atoms with van der Waals surface area (Å²) in [7, 11) is 0. The van der Waals surface area contributed by atoms with E-state index >= 15 is 0 Å². The van der Waals surface area contributed by atoms with Gasteiger partial charge in [0, 0.05) is 16.2 Å². The van der Waals surface area contributed by atoms with Crippen molar-refractivity contribution in [1.29, 1.82) is 0 Å². The number of rotatable bonds is 2. The van der Waals surface area contributed by atoms with Gasteiger partial charge in [-0.2, -0.15) is 0 Å². The maximum Gasteiger partial charge on any atom is 0.136 e. The first-order valence-corrected chi connectivity index (χ1v) is 16.1. The molecule has 1 aromatic heterocycles. The van der Waals surface area contributed by atoms with Gasteiger partial charge in [0.05, 0.1) is 0 Å². The van der Waals surface area contributed by atoms with Gasteiger partial charge in [-0.15, -0.1) is 0 Å². The summed E-state index contributed by atoms with van der Waals surface area (Å²) < 4.78 is 6.35. The molecule has 0 radical (unpaired) electrons. The van der Waals surface area contributed by atoms with Crippen LogP contribution < -0.4 is 0 Å². The molecule has 8 aromatic carbocycles. The average molecular weight is 587 g/mol. The minimum absolute atomic E-state index is 0.103. The fraction of sp³-hybridized carbons (Fsp3) is 0.0667. The quantitative estimate of drug-likeness (QED) is 0.184. The Labute approximate surface area is 267 Å². The Morgan fingerprint density at radius 2 is 1.02 bits per heavy atom. The highest BCUT2D eigenvalue weighted by Crippen LogP contribution is 2.53. The molecule has 1 heteroatoms. The molecule has 0 unspecified atom stereocenters. The molecule has 0 spiro atoms. The monoisotopic (exact) mass is 586 g/mol. The minimum atomic E-state index is -0.103. The molecule has 0 aliphatic heterocycles. The third-order valence-corrected chi connectivity index (χ3v) is 10.5. The Bertz CT molecular complexity index is 2660. The Balaban J connectivity index is 1.29. The molecule has 0 saturated carbocycles. The van der Waals surface area contributed by atoms with Gasteiger partial charge >= 0.3 is 0 Å². The topological polar surface area (TPSA) is 13.1 Å². The first kappa shape index (κ1) is 25.6. The standard InChI is InChI=1S/C45H30O/c1-45(2)37-25-23-27-12-3-4-13-29(27)43(37)34-24-22-28(26-38(34)45)41-30-14-5-7-16-32(30)42(33-17-8-6-15-31(33)41)36-19-11-21-40-44(36)35-18-9-10-20-39(35)46-40/h3-26H,1-2H3. The second-order valence-electron chi connectivity index (χ2n) is 13.2. The van der Waals surface area contributed by atoms with E-state index in [9.17, 15) is 0 Å². The maximum absolute atomic E-state index is 6.35. The molecule has 0 fully saturated rings. The molecule has 1 heterocycles. The largest absolute Gasteiger partial charge is 0.456 e. The normalized spacial score (nSPS) is 13.6. The molecule has 9 aromatic rings. The smallest absolute Gasteiger partial charge is 0.136 e. The fourth-order valence-electron chi connectivity index (χ4n) is 8.38. The summed E-state index contributed by atoms with van der Waals surface area (Å²) in [6.45, 7) is 4.76. The van der Waals surface area contributed by atoms with Crippen molar-refractivity contribution >= 4 is 54.3 Å². The Kier molecular flexibility index (Phi) is 5.12. The van der Waals surface area contributed by atoms with E-state index in [2.05, 4.69) is 153 Å². The van der Waals surface area contributed by atoms with Crippen LogP contribution in [0.3, 0.4) is 0 Å². The van der Waals surface area contributed by atoms with Crippen LogP contribution in [-0.2, 0) is 5.41 Å². The van der Waals surface area contributed by atoms with Gasteiger partial charge in [-0.1, -0.05) is 141 Å². The second kappa shape index (κ2) is 9.19. The van der Waals surface area contributed by atoms with Crippen molar-refractivity contribution < 1.29 is 4.42 Å². The zero-order chi connectivity index (χ0) is 30.6. The van der Waals surface area contributed by atoms with Crippen LogP contribution in [0, 0.1) is 0 Å². The average Bonchev–Trinajstić information content (AvgIpc) is 3.59. The molecule has 0 bridgehead atoms. The SMILES string of the molecule is CC1(C)c2cc(-c3c4ccccc4c(-c4cccc5oc6ccccc6c45)c4ccccc34)ccc2-c2c1ccc1ccccc21. The highest BCUT2D eigenvalue weighted by molar-refractivity contribution is 6.25. The van der Waals surface area contributed by atoms with E-state index in [1.165, 1.54) is 82.2 Å². The third-order valence-electron chi connectivity index (χ3n) is 10.5. The van der Waals surface area contributed by atoms with Gasteiger partial charge in [0.2, 0.25) is 0 Å². The summed E-state index contributed by atoms with van der Waals surface area (Å²) in [5.74, 6) is 0. The van der Waals surface area contributed by atoms with Crippen LogP contribution in [0.4, 0.5) is 0 Å². The van der Waals surface area contributed by atoms with Crippen molar-refractivity contribution in [3.63, 3.8) is 0 Å². The van der Waals surface area contributed by atoms with Crippen LogP contribution >= 0.6 is 0 Å². The van der Waals surface area contributed by atoms with Crippen LogP contribution in [0.25, 0.3) is 87.6 Å². The molecular formula is C45H30O. The molecule has 1 nitrogen and oxygen atoms in total. The van der Waals surface area contributed by atoms with E-state index in [0.717, 1.165) is 16.6 Å². The van der Waals surface area contributed by atoms with Gasteiger partial charge in [-0.05, 0) is 95.0 Å². The number of hydrogen-bond acceptors (Lipinski definition) is 1. The van der Waals surface area contributed by atoms with Gasteiger partial charge in [-0.3, -0.25) is 0 Å². The molecular weight excluding hydrogens is 556 g/mol. The van der Waals surface area contributed by atoms with Crippen molar-refractivity contribution in [2.45, 2.75) is 19.3 Å². The van der Waals surface area contributed by atoms with E-state index in [1.54, 1.807) is 0 Å². The van der Waals surface area contributed by atoms with E-state index in [1.807, 2.05) is 6.07 Å². The molecule has 1 aliphatic rings. The van der Waals surface area contributed by atoms with Gasteiger partial charge in [0.15, 0.2) is 0 Å². The molecule has 1 aliphatic carbocycles. The second-order valence-corrected chi connectivity index (χ2v) is 13.2. The van der Waals surface area contributed by atoms with E-state index in [0.29, 0.717) is 0 Å². The molecule has 10 rings (SSSR count). The van der Waals surface area contributed by atoms with Gasteiger partial charge in [0.1, 0.15) is 11.2 Å². The number of hydrogen-bond donors (Lipinski definition) is 0. The van der Waals surface area contributed by atoms with Crippen LogP contribution in [0.15, 0.2) is 150 Å². The molecule has 46 heavy (non-hydrogen) atoms. The molecule has 0 N–H and O–H groups in total. The van der Waals surface area contributed by atoms with Crippen LogP contribution in [0.5, 0.6) is 0 Å². The molecule has 0 saturated heterocycles. The Morgan fingerprint density at radius 1 is 0.413 bits per heavy atom. The lowest BCUT2D eigenvalue weighted by molar-refractivity contribution is 0.661. The summed E-state index contributed by atoms with van der Waals surface area (Å²) in [4.78, 5) is 0. The van der Waals surface area contributed by atoms with Gasteiger partial charge < -0.3 is 4.42 Å². The first-order chi connectivity index (χ1) is 22.6.